The predicted octanol–water partition coefficient (Wildman–Crippen LogP) is 3.56. The van der Waals surface area contributed by atoms with Crippen LogP contribution in [0.25, 0.3) is 28.1 Å². The lowest BCUT2D eigenvalue weighted by molar-refractivity contribution is 0.180. The molecule has 4 rings (SSSR count). The molecule has 0 fully saturated rings. The summed E-state index contributed by atoms with van der Waals surface area (Å²) in [6, 6.07) is 5.28. The first-order valence-corrected chi connectivity index (χ1v) is 9.73. The number of aromatic nitrogens is 5. The highest BCUT2D eigenvalue weighted by Crippen LogP contribution is 2.30. The van der Waals surface area contributed by atoms with E-state index in [9.17, 15) is 10.1 Å². The van der Waals surface area contributed by atoms with E-state index in [-0.39, 0.29) is 45.2 Å². The average molecular weight is 427 g/mol. The van der Waals surface area contributed by atoms with Crippen molar-refractivity contribution in [1.29, 1.82) is 5.26 Å². The second-order valence-electron chi connectivity index (χ2n) is 7.30. The molecule has 1 atom stereocenters. The minimum absolute atomic E-state index is 0.0742. The van der Waals surface area contributed by atoms with Crippen molar-refractivity contribution in [3.8, 4) is 17.7 Å². The van der Waals surface area contributed by atoms with Crippen LogP contribution in [0, 0.1) is 11.3 Å². The Balaban J connectivity index is 2.05. The van der Waals surface area contributed by atoms with Gasteiger partial charge in [-0.2, -0.15) is 10.2 Å². The Labute approximate surface area is 176 Å². The van der Waals surface area contributed by atoms with Gasteiger partial charge in [0.1, 0.15) is 17.9 Å². The Morgan fingerprint density at radius 1 is 1.30 bits per heavy atom. The minimum Gasteiger partial charge on any atom is -0.384 e. The van der Waals surface area contributed by atoms with Crippen LogP contribution in [-0.4, -0.2) is 37.8 Å². The van der Waals surface area contributed by atoms with E-state index in [1.807, 2.05) is 20.8 Å². The number of methoxy groups -OCH3 is 1. The van der Waals surface area contributed by atoms with Crippen molar-refractivity contribution in [3.63, 3.8) is 0 Å². The molecule has 4 aromatic rings. The van der Waals surface area contributed by atoms with Crippen molar-refractivity contribution in [2.24, 2.45) is 0 Å². The number of benzene rings is 1. The van der Waals surface area contributed by atoms with Gasteiger partial charge in [-0.1, -0.05) is 23.7 Å². The summed E-state index contributed by atoms with van der Waals surface area (Å²) in [7, 11) is 1.60. The Kier molecular flexibility index (Phi) is 5.05. The van der Waals surface area contributed by atoms with Gasteiger partial charge in [0.2, 0.25) is 0 Å². The van der Waals surface area contributed by atoms with Crippen LogP contribution in [0.4, 0.5) is 0 Å². The Morgan fingerprint density at radius 2 is 2.07 bits per heavy atom. The zero-order chi connectivity index (χ0) is 21.6. The number of fused-ring (bicyclic) bond motifs is 3. The van der Waals surface area contributed by atoms with Gasteiger partial charge in [-0.05, 0) is 26.0 Å². The molecule has 0 amide bonds. The third kappa shape index (κ3) is 2.96. The van der Waals surface area contributed by atoms with Crippen LogP contribution >= 0.6 is 11.6 Å². The molecule has 0 saturated heterocycles. The van der Waals surface area contributed by atoms with Crippen molar-refractivity contribution >= 4 is 28.2 Å². The molecular weight excluding hydrogens is 408 g/mol. The standard InChI is InChI=1S/C20H19ClN6O3/c1-10(2)27-16-12(7-22)13(21)5-6-14(16)26-9-23-15(17(26)20(27)28)19-24-18(25-30-19)11(3)8-29-4/h5-6,9-11H,8H2,1-4H3. The summed E-state index contributed by atoms with van der Waals surface area (Å²) in [5.74, 6) is 0.545. The van der Waals surface area contributed by atoms with E-state index < -0.39 is 0 Å². The summed E-state index contributed by atoms with van der Waals surface area (Å²) < 4.78 is 13.7. The fourth-order valence-corrected chi connectivity index (χ4v) is 3.75. The van der Waals surface area contributed by atoms with E-state index in [0.717, 1.165) is 0 Å². The first-order chi connectivity index (χ1) is 14.4. The molecule has 0 spiro atoms. The first-order valence-electron chi connectivity index (χ1n) is 9.35. The van der Waals surface area contributed by atoms with E-state index in [1.54, 1.807) is 28.2 Å². The van der Waals surface area contributed by atoms with Crippen LogP contribution in [0.2, 0.25) is 5.02 Å². The van der Waals surface area contributed by atoms with Crippen LogP contribution in [-0.2, 0) is 4.74 Å². The van der Waals surface area contributed by atoms with Gasteiger partial charge < -0.3 is 13.8 Å². The van der Waals surface area contributed by atoms with Crippen LogP contribution in [0.1, 0.15) is 44.1 Å². The summed E-state index contributed by atoms with van der Waals surface area (Å²) in [4.78, 5) is 22.3. The molecule has 0 aliphatic carbocycles. The van der Waals surface area contributed by atoms with Gasteiger partial charge in [0, 0.05) is 19.1 Å². The summed E-state index contributed by atoms with van der Waals surface area (Å²) in [5, 5.41) is 13.9. The van der Waals surface area contributed by atoms with Gasteiger partial charge >= 0.3 is 0 Å². The van der Waals surface area contributed by atoms with E-state index in [1.165, 1.54) is 6.33 Å². The molecule has 0 N–H and O–H groups in total. The number of halogens is 1. The Morgan fingerprint density at radius 3 is 2.73 bits per heavy atom. The zero-order valence-corrected chi connectivity index (χ0v) is 17.6. The lowest BCUT2D eigenvalue weighted by Gasteiger charge is -2.17. The Hall–Kier alpha value is -3.22. The lowest BCUT2D eigenvalue weighted by Crippen LogP contribution is -2.25. The fourth-order valence-electron chi connectivity index (χ4n) is 3.56. The largest absolute Gasteiger partial charge is 0.384 e. The van der Waals surface area contributed by atoms with Gasteiger partial charge in [-0.15, -0.1) is 0 Å². The summed E-state index contributed by atoms with van der Waals surface area (Å²) in [6.07, 6.45) is 1.51. The fraction of sp³-hybridized carbons (Fsp3) is 0.350. The number of hydrogen-bond donors (Lipinski definition) is 0. The SMILES string of the molecule is COCC(C)c1noc(-c2ncn3c2c(=O)n(C(C)C)c2c(C#N)c(Cl)ccc23)n1. The van der Waals surface area contributed by atoms with E-state index in [0.29, 0.717) is 23.5 Å². The molecule has 1 unspecified atom stereocenters. The molecule has 0 radical (unpaired) electrons. The summed E-state index contributed by atoms with van der Waals surface area (Å²) in [5.41, 5.74) is 1.58. The number of nitriles is 1. The van der Waals surface area contributed by atoms with Crippen LogP contribution in [0.5, 0.6) is 0 Å². The molecule has 3 heterocycles. The number of imidazole rings is 1. The number of ether oxygens (including phenoxy) is 1. The molecule has 0 saturated carbocycles. The number of hydrogen-bond acceptors (Lipinski definition) is 7. The summed E-state index contributed by atoms with van der Waals surface area (Å²) in [6.45, 7) is 6.08. The van der Waals surface area contributed by atoms with Crippen molar-refractivity contribution in [2.45, 2.75) is 32.7 Å². The third-order valence-corrected chi connectivity index (χ3v) is 5.24. The quantitative estimate of drug-likeness (QED) is 0.479. The van der Waals surface area contributed by atoms with Crippen molar-refractivity contribution < 1.29 is 9.26 Å². The maximum atomic E-state index is 13.5. The Bertz CT molecular complexity index is 1360. The zero-order valence-electron chi connectivity index (χ0n) is 16.9. The van der Waals surface area contributed by atoms with Gasteiger partial charge in [0.05, 0.1) is 28.2 Å². The van der Waals surface area contributed by atoms with Crippen LogP contribution in [0.15, 0.2) is 27.8 Å². The van der Waals surface area contributed by atoms with Crippen molar-refractivity contribution in [1.82, 2.24) is 24.1 Å². The minimum atomic E-state index is -0.326. The van der Waals surface area contributed by atoms with E-state index >= 15 is 0 Å². The van der Waals surface area contributed by atoms with Gasteiger partial charge in [0.25, 0.3) is 11.4 Å². The van der Waals surface area contributed by atoms with E-state index in [4.69, 9.17) is 20.9 Å². The van der Waals surface area contributed by atoms with Crippen molar-refractivity contribution in [3.05, 3.63) is 45.2 Å². The topological polar surface area (TPSA) is 111 Å². The molecule has 3 aromatic heterocycles. The van der Waals surface area contributed by atoms with E-state index in [2.05, 4.69) is 21.2 Å². The number of rotatable bonds is 5. The molecule has 1 aromatic carbocycles. The molecule has 0 aliphatic heterocycles. The highest BCUT2D eigenvalue weighted by Gasteiger charge is 2.24. The van der Waals surface area contributed by atoms with Gasteiger partial charge in [-0.25, -0.2) is 4.98 Å². The van der Waals surface area contributed by atoms with Gasteiger partial charge in [-0.3, -0.25) is 9.20 Å². The monoisotopic (exact) mass is 426 g/mol. The third-order valence-electron chi connectivity index (χ3n) is 4.93. The first kappa shape index (κ1) is 20.1. The maximum Gasteiger partial charge on any atom is 0.278 e. The van der Waals surface area contributed by atoms with Crippen LogP contribution in [0.3, 0.4) is 0 Å². The van der Waals surface area contributed by atoms with Gasteiger partial charge in [0.15, 0.2) is 11.5 Å². The second kappa shape index (κ2) is 7.55. The molecule has 30 heavy (non-hydrogen) atoms. The molecule has 0 aliphatic rings. The lowest BCUT2D eigenvalue weighted by atomic mass is 10.1. The number of nitrogens with zero attached hydrogens (tertiary/aromatic N) is 6. The highest BCUT2D eigenvalue weighted by molar-refractivity contribution is 6.32. The molecule has 10 heteroatoms. The normalized spacial score (nSPS) is 12.7. The molecular formula is C20H19ClN6O3. The second-order valence-corrected chi connectivity index (χ2v) is 7.70. The van der Waals surface area contributed by atoms with Crippen LogP contribution < -0.4 is 5.56 Å². The summed E-state index contributed by atoms with van der Waals surface area (Å²) >= 11 is 6.24. The van der Waals surface area contributed by atoms with Crippen molar-refractivity contribution in [2.75, 3.05) is 13.7 Å². The molecule has 9 nitrogen and oxygen atoms in total. The molecule has 154 valence electrons. The predicted molar refractivity (Wildman–Crippen MR) is 111 cm³/mol. The highest BCUT2D eigenvalue weighted by atomic mass is 35.5. The maximum absolute atomic E-state index is 13.5. The average Bonchev–Trinajstić information content (AvgIpc) is 3.35. The smallest absolute Gasteiger partial charge is 0.278 e. The molecule has 0 bridgehead atoms.